The number of benzene rings is 2. The van der Waals surface area contributed by atoms with Crippen molar-refractivity contribution in [1.29, 1.82) is 0 Å². The van der Waals surface area contributed by atoms with Crippen LogP contribution in [-0.2, 0) is 14.8 Å². The third kappa shape index (κ3) is 5.08. The second-order valence-electron chi connectivity index (χ2n) is 6.52. The van der Waals surface area contributed by atoms with Gasteiger partial charge in [0, 0.05) is 9.90 Å². The highest BCUT2D eigenvalue weighted by Gasteiger charge is 2.28. The molecule has 0 aliphatic heterocycles. The van der Waals surface area contributed by atoms with Gasteiger partial charge in [0.15, 0.2) is 0 Å². The lowest BCUT2D eigenvalue weighted by Crippen LogP contribution is -2.40. The van der Waals surface area contributed by atoms with Crippen LogP contribution < -0.4 is 9.73 Å². The first-order valence-corrected chi connectivity index (χ1v) is 11.7. The molecule has 0 saturated heterocycles. The summed E-state index contributed by atoms with van der Waals surface area (Å²) in [6.07, 6.45) is 1.51. The number of aryl methyl sites for hydroxylation is 1. The van der Waals surface area contributed by atoms with Crippen LogP contribution in [0.2, 0.25) is 5.02 Å². The number of thiophene rings is 1. The average molecular weight is 462 g/mol. The van der Waals surface area contributed by atoms with Crippen LogP contribution in [0.25, 0.3) is 0 Å². The summed E-state index contributed by atoms with van der Waals surface area (Å²) in [6, 6.07) is 15.1. The van der Waals surface area contributed by atoms with Crippen LogP contribution in [0.5, 0.6) is 0 Å². The minimum Gasteiger partial charge on any atom is -0.271 e. The summed E-state index contributed by atoms with van der Waals surface area (Å²) in [6.45, 7) is 3.13. The van der Waals surface area contributed by atoms with Gasteiger partial charge in [-0.2, -0.15) is 5.10 Å². The van der Waals surface area contributed by atoms with E-state index in [1.54, 1.807) is 37.3 Å². The molecule has 6 nitrogen and oxygen atoms in total. The molecular weight excluding hydrogens is 442 g/mol. The van der Waals surface area contributed by atoms with Crippen LogP contribution in [0.4, 0.5) is 5.69 Å². The summed E-state index contributed by atoms with van der Waals surface area (Å²) in [5.41, 5.74) is 4.21. The number of anilines is 1. The van der Waals surface area contributed by atoms with Gasteiger partial charge in [-0.1, -0.05) is 41.4 Å². The quantitative estimate of drug-likeness (QED) is 0.419. The fraction of sp³-hybridized carbons (Fsp3) is 0.143. The maximum absolute atomic E-state index is 13.4. The Morgan fingerprint density at radius 2 is 1.87 bits per heavy atom. The molecule has 1 amide bonds. The molecule has 0 unspecified atom stereocenters. The largest absolute Gasteiger partial charge is 0.271 e. The third-order valence-electron chi connectivity index (χ3n) is 4.33. The second-order valence-corrected chi connectivity index (χ2v) is 9.77. The van der Waals surface area contributed by atoms with E-state index in [2.05, 4.69) is 10.5 Å². The minimum absolute atomic E-state index is 0.0855. The van der Waals surface area contributed by atoms with E-state index >= 15 is 0 Å². The molecule has 156 valence electrons. The molecule has 0 fully saturated rings. The first-order chi connectivity index (χ1) is 14.3. The van der Waals surface area contributed by atoms with Crippen molar-refractivity contribution >= 4 is 50.8 Å². The van der Waals surface area contributed by atoms with Crippen LogP contribution in [-0.4, -0.2) is 27.1 Å². The summed E-state index contributed by atoms with van der Waals surface area (Å²) in [7, 11) is -4.01. The Morgan fingerprint density at radius 3 is 2.53 bits per heavy atom. The minimum atomic E-state index is -4.01. The lowest BCUT2D eigenvalue weighted by molar-refractivity contribution is -0.119. The Balaban J connectivity index is 1.92. The molecule has 1 aromatic heterocycles. The molecule has 1 heterocycles. The summed E-state index contributed by atoms with van der Waals surface area (Å²) in [5, 5.41) is 6.20. The van der Waals surface area contributed by atoms with Gasteiger partial charge in [-0.25, -0.2) is 13.8 Å². The van der Waals surface area contributed by atoms with Crippen molar-refractivity contribution in [2.24, 2.45) is 5.10 Å². The zero-order valence-corrected chi connectivity index (χ0v) is 18.8. The van der Waals surface area contributed by atoms with Crippen molar-refractivity contribution in [2.75, 3.05) is 10.8 Å². The van der Waals surface area contributed by atoms with E-state index < -0.39 is 22.5 Å². The molecule has 0 saturated carbocycles. The van der Waals surface area contributed by atoms with Crippen LogP contribution in [0.15, 0.2) is 70.0 Å². The van der Waals surface area contributed by atoms with E-state index in [-0.39, 0.29) is 4.90 Å². The zero-order chi connectivity index (χ0) is 21.7. The number of sulfonamides is 1. The fourth-order valence-electron chi connectivity index (χ4n) is 2.70. The molecule has 0 aliphatic carbocycles. The first kappa shape index (κ1) is 22.0. The number of carbonyl (C=O) groups is 1. The van der Waals surface area contributed by atoms with Gasteiger partial charge in [-0.3, -0.25) is 9.10 Å². The SMILES string of the molecule is Cc1ccc(S(=O)(=O)N(CC(=O)N/N=C\c2cccs2)c2cccc(Cl)c2C)cc1. The number of carbonyl (C=O) groups excluding carboxylic acids is 1. The number of hydrogen-bond acceptors (Lipinski definition) is 5. The van der Waals surface area contributed by atoms with E-state index in [1.807, 2.05) is 24.4 Å². The normalized spacial score (nSPS) is 11.6. The van der Waals surface area contributed by atoms with Crippen molar-refractivity contribution in [2.45, 2.75) is 18.7 Å². The summed E-state index contributed by atoms with van der Waals surface area (Å²) in [5.74, 6) is -0.571. The third-order valence-corrected chi connectivity index (χ3v) is 7.32. The van der Waals surface area contributed by atoms with E-state index in [1.165, 1.54) is 29.7 Å². The lowest BCUT2D eigenvalue weighted by atomic mass is 10.2. The zero-order valence-electron chi connectivity index (χ0n) is 16.4. The number of halogens is 1. The highest BCUT2D eigenvalue weighted by Crippen LogP contribution is 2.30. The van der Waals surface area contributed by atoms with Crippen molar-refractivity contribution < 1.29 is 13.2 Å². The maximum atomic E-state index is 13.4. The predicted octanol–water partition coefficient (Wildman–Crippen LogP) is 4.36. The number of nitrogens with zero attached hydrogens (tertiary/aromatic N) is 2. The molecule has 3 aromatic rings. The predicted molar refractivity (Wildman–Crippen MR) is 122 cm³/mol. The van der Waals surface area contributed by atoms with Gasteiger partial charge in [0.2, 0.25) is 0 Å². The monoisotopic (exact) mass is 461 g/mol. The Bertz CT molecular complexity index is 1160. The Labute approximate surface area is 184 Å². The molecule has 2 aromatic carbocycles. The van der Waals surface area contributed by atoms with Crippen molar-refractivity contribution in [3.8, 4) is 0 Å². The van der Waals surface area contributed by atoms with Crippen LogP contribution in [0.3, 0.4) is 0 Å². The van der Waals surface area contributed by atoms with Gasteiger partial charge in [0.25, 0.3) is 15.9 Å². The van der Waals surface area contributed by atoms with E-state index in [0.717, 1.165) is 14.7 Å². The summed E-state index contributed by atoms with van der Waals surface area (Å²) >= 11 is 7.68. The Morgan fingerprint density at radius 1 is 1.13 bits per heavy atom. The number of nitrogens with one attached hydrogen (secondary N) is 1. The topological polar surface area (TPSA) is 78.8 Å². The lowest BCUT2D eigenvalue weighted by Gasteiger charge is -2.25. The Hall–Kier alpha value is -2.68. The number of hydrogen-bond donors (Lipinski definition) is 1. The summed E-state index contributed by atoms with van der Waals surface area (Å²) < 4.78 is 27.8. The molecule has 3 rings (SSSR count). The maximum Gasteiger partial charge on any atom is 0.264 e. The molecule has 9 heteroatoms. The van der Waals surface area contributed by atoms with E-state index in [9.17, 15) is 13.2 Å². The molecule has 30 heavy (non-hydrogen) atoms. The Kier molecular flexibility index (Phi) is 6.91. The molecule has 0 spiro atoms. The number of rotatable bonds is 7. The molecule has 0 radical (unpaired) electrons. The van der Waals surface area contributed by atoms with Gasteiger partial charge in [-0.15, -0.1) is 11.3 Å². The number of amides is 1. The van der Waals surface area contributed by atoms with Gasteiger partial charge in [0.05, 0.1) is 16.8 Å². The molecule has 0 atom stereocenters. The van der Waals surface area contributed by atoms with Crippen molar-refractivity contribution in [1.82, 2.24) is 5.43 Å². The van der Waals surface area contributed by atoms with Crippen LogP contribution in [0, 0.1) is 13.8 Å². The van der Waals surface area contributed by atoms with Gasteiger partial charge < -0.3 is 0 Å². The first-order valence-electron chi connectivity index (χ1n) is 8.99. The van der Waals surface area contributed by atoms with Crippen LogP contribution >= 0.6 is 22.9 Å². The van der Waals surface area contributed by atoms with E-state index in [0.29, 0.717) is 16.3 Å². The highest BCUT2D eigenvalue weighted by molar-refractivity contribution is 7.92. The molecule has 0 bridgehead atoms. The van der Waals surface area contributed by atoms with Crippen LogP contribution in [0.1, 0.15) is 16.0 Å². The van der Waals surface area contributed by atoms with Crippen molar-refractivity contribution in [3.63, 3.8) is 0 Å². The molecule has 1 N–H and O–H groups in total. The van der Waals surface area contributed by atoms with E-state index in [4.69, 9.17) is 11.6 Å². The second kappa shape index (κ2) is 9.42. The molecule has 0 aliphatic rings. The van der Waals surface area contributed by atoms with Crippen molar-refractivity contribution in [3.05, 3.63) is 81.0 Å². The van der Waals surface area contributed by atoms with Gasteiger partial charge in [0.1, 0.15) is 6.54 Å². The highest BCUT2D eigenvalue weighted by atomic mass is 35.5. The molecular formula is C21H20ClN3O3S2. The average Bonchev–Trinajstić information content (AvgIpc) is 3.22. The van der Waals surface area contributed by atoms with Gasteiger partial charge in [-0.05, 0) is 55.1 Å². The standard InChI is InChI=1S/C21H20ClN3O3S2/c1-15-8-10-18(11-9-15)30(27,28)25(20-7-3-6-19(22)16(20)2)14-21(26)24-23-13-17-5-4-12-29-17/h3-13H,14H2,1-2H3,(H,24,26)/b23-13-. The number of hydrazone groups is 1. The summed E-state index contributed by atoms with van der Waals surface area (Å²) in [4.78, 5) is 13.5. The fourth-order valence-corrected chi connectivity index (χ4v) is 4.93. The van der Waals surface area contributed by atoms with Gasteiger partial charge >= 0.3 is 0 Å². The smallest absolute Gasteiger partial charge is 0.264 e.